The van der Waals surface area contributed by atoms with Gasteiger partial charge in [0.15, 0.2) is 11.5 Å². The average molecular weight is 365 g/mol. The van der Waals surface area contributed by atoms with E-state index in [0.29, 0.717) is 28.0 Å². The lowest BCUT2D eigenvalue weighted by molar-refractivity contribution is -0.137. The number of aromatic carboxylic acids is 1. The van der Waals surface area contributed by atoms with Crippen LogP contribution in [0.15, 0.2) is 36.4 Å². The molecule has 0 aliphatic rings. The molecule has 3 rings (SSSR count). The van der Waals surface area contributed by atoms with Gasteiger partial charge in [0, 0.05) is 17.0 Å². The molecule has 5 nitrogen and oxygen atoms in total. The highest BCUT2D eigenvalue weighted by Crippen LogP contribution is 2.40. The molecule has 0 saturated carbocycles. The second kappa shape index (κ2) is 6.29. The molecule has 0 atom stereocenters. The summed E-state index contributed by atoms with van der Waals surface area (Å²) >= 11 is 0. The molecule has 136 valence electrons. The van der Waals surface area contributed by atoms with E-state index in [2.05, 4.69) is 4.98 Å². The number of carboxylic acid groups (broad SMARTS) is 1. The van der Waals surface area contributed by atoms with Crippen molar-refractivity contribution in [1.29, 1.82) is 0 Å². The molecule has 0 aliphatic heterocycles. The number of methoxy groups -OCH3 is 2. The van der Waals surface area contributed by atoms with Gasteiger partial charge in [0.25, 0.3) is 0 Å². The molecule has 3 aromatic rings. The van der Waals surface area contributed by atoms with Crippen LogP contribution in [0.4, 0.5) is 13.2 Å². The summed E-state index contributed by atoms with van der Waals surface area (Å²) in [7, 11) is 2.88. The van der Waals surface area contributed by atoms with E-state index in [1.807, 2.05) is 0 Å². The molecule has 1 heterocycles. The molecule has 0 aliphatic carbocycles. The largest absolute Gasteiger partial charge is 0.493 e. The van der Waals surface area contributed by atoms with Gasteiger partial charge in [0.1, 0.15) is 5.69 Å². The van der Waals surface area contributed by atoms with E-state index in [9.17, 15) is 23.1 Å². The number of halogens is 3. The van der Waals surface area contributed by atoms with Gasteiger partial charge in [-0.2, -0.15) is 13.2 Å². The SMILES string of the molecule is COc1cc2[nH]c(C(=O)O)c(-c3ccc(C(F)(F)F)cc3)c2cc1OC. The summed E-state index contributed by atoms with van der Waals surface area (Å²) in [6, 6.07) is 7.49. The number of fused-ring (bicyclic) bond motifs is 1. The fourth-order valence-electron chi connectivity index (χ4n) is 2.81. The Morgan fingerprint density at radius 1 is 1.04 bits per heavy atom. The van der Waals surface area contributed by atoms with Crippen LogP contribution in [0.3, 0.4) is 0 Å². The third-order valence-electron chi connectivity index (χ3n) is 4.02. The van der Waals surface area contributed by atoms with Gasteiger partial charge >= 0.3 is 12.1 Å². The number of aromatic nitrogens is 1. The molecule has 0 unspecified atom stereocenters. The van der Waals surface area contributed by atoms with Crippen LogP contribution in [0.2, 0.25) is 0 Å². The first kappa shape index (κ1) is 17.7. The molecule has 0 spiro atoms. The molecule has 1 aromatic heterocycles. The van der Waals surface area contributed by atoms with E-state index in [-0.39, 0.29) is 11.3 Å². The highest BCUT2D eigenvalue weighted by atomic mass is 19.4. The number of aromatic amines is 1. The third-order valence-corrected chi connectivity index (χ3v) is 4.02. The van der Waals surface area contributed by atoms with Crippen molar-refractivity contribution in [3.63, 3.8) is 0 Å². The molecule has 2 aromatic carbocycles. The molecule has 8 heteroatoms. The molecule has 26 heavy (non-hydrogen) atoms. The predicted octanol–water partition coefficient (Wildman–Crippen LogP) is 4.57. The molecular weight excluding hydrogens is 351 g/mol. The Hall–Kier alpha value is -3.16. The third kappa shape index (κ3) is 2.94. The zero-order valence-electron chi connectivity index (χ0n) is 13.8. The number of hydrogen-bond donors (Lipinski definition) is 2. The number of alkyl halides is 3. The second-order valence-electron chi connectivity index (χ2n) is 5.51. The van der Waals surface area contributed by atoms with Crippen LogP contribution in [0.25, 0.3) is 22.0 Å². The fourth-order valence-corrected chi connectivity index (χ4v) is 2.81. The molecule has 0 amide bonds. The van der Waals surface area contributed by atoms with Crippen LogP contribution in [-0.2, 0) is 6.18 Å². The highest BCUT2D eigenvalue weighted by molar-refractivity contribution is 6.08. The maximum atomic E-state index is 12.8. The van der Waals surface area contributed by atoms with Crippen LogP contribution in [-0.4, -0.2) is 30.3 Å². The maximum Gasteiger partial charge on any atom is 0.416 e. The van der Waals surface area contributed by atoms with Gasteiger partial charge in [0.2, 0.25) is 0 Å². The van der Waals surface area contributed by atoms with E-state index in [4.69, 9.17) is 9.47 Å². The number of ether oxygens (including phenoxy) is 2. The smallest absolute Gasteiger partial charge is 0.416 e. The van der Waals surface area contributed by atoms with Crippen LogP contribution in [0.5, 0.6) is 11.5 Å². The van der Waals surface area contributed by atoms with Crippen molar-refractivity contribution < 1.29 is 32.5 Å². The minimum atomic E-state index is -4.47. The van der Waals surface area contributed by atoms with Crippen molar-refractivity contribution >= 4 is 16.9 Å². The van der Waals surface area contributed by atoms with Crippen molar-refractivity contribution in [2.75, 3.05) is 14.2 Å². The topological polar surface area (TPSA) is 71.6 Å². The summed E-state index contributed by atoms with van der Waals surface area (Å²) in [5.41, 5.74) is 0.151. The van der Waals surface area contributed by atoms with Crippen LogP contribution in [0.1, 0.15) is 16.1 Å². The molecular formula is C18H14F3NO4. The highest BCUT2D eigenvalue weighted by Gasteiger charge is 2.30. The Bertz CT molecular complexity index is 975. The Balaban J connectivity index is 2.26. The lowest BCUT2D eigenvalue weighted by Gasteiger charge is -2.09. The minimum Gasteiger partial charge on any atom is -0.493 e. The van der Waals surface area contributed by atoms with Gasteiger partial charge in [-0.3, -0.25) is 0 Å². The lowest BCUT2D eigenvalue weighted by atomic mass is 10.00. The molecule has 0 bridgehead atoms. The van der Waals surface area contributed by atoms with Crippen molar-refractivity contribution in [3.8, 4) is 22.6 Å². The van der Waals surface area contributed by atoms with Crippen molar-refractivity contribution in [2.45, 2.75) is 6.18 Å². The zero-order chi connectivity index (χ0) is 19.1. The van der Waals surface area contributed by atoms with Gasteiger partial charge in [-0.25, -0.2) is 4.79 Å². The summed E-state index contributed by atoms with van der Waals surface area (Å²) in [6.45, 7) is 0. The number of nitrogens with one attached hydrogen (secondary N) is 1. The van der Waals surface area contributed by atoms with Crippen molar-refractivity contribution in [2.24, 2.45) is 0 Å². The lowest BCUT2D eigenvalue weighted by Crippen LogP contribution is -2.04. The first-order valence-corrected chi connectivity index (χ1v) is 7.45. The van der Waals surface area contributed by atoms with E-state index in [0.717, 1.165) is 12.1 Å². The summed E-state index contributed by atoms with van der Waals surface area (Å²) < 4.78 is 48.8. The van der Waals surface area contributed by atoms with E-state index in [1.54, 1.807) is 12.1 Å². The fraction of sp³-hybridized carbons (Fsp3) is 0.167. The Kier molecular flexibility index (Phi) is 4.27. The van der Waals surface area contributed by atoms with E-state index in [1.165, 1.54) is 26.4 Å². The summed E-state index contributed by atoms with van der Waals surface area (Å²) in [4.78, 5) is 14.4. The number of hydrogen-bond acceptors (Lipinski definition) is 3. The zero-order valence-corrected chi connectivity index (χ0v) is 13.8. The average Bonchev–Trinajstić information content (AvgIpc) is 2.98. The number of carbonyl (C=O) groups is 1. The predicted molar refractivity (Wildman–Crippen MR) is 88.8 cm³/mol. The van der Waals surface area contributed by atoms with Crippen molar-refractivity contribution in [3.05, 3.63) is 47.7 Å². The standard InChI is InChI=1S/C18H14F3NO4/c1-25-13-7-11-12(8-14(13)26-2)22-16(17(23)24)15(11)9-3-5-10(6-4-9)18(19,20)21/h3-8,22H,1-2H3,(H,23,24). The number of benzene rings is 2. The van der Waals surface area contributed by atoms with Gasteiger partial charge in [-0.1, -0.05) is 12.1 Å². The first-order valence-electron chi connectivity index (χ1n) is 7.45. The van der Waals surface area contributed by atoms with Gasteiger partial charge < -0.3 is 19.6 Å². The minimum absolute atomic E-state index is 0.130. The Morgan fingerprint density at radius 2 is 1.62 bits per heavy atom. The van der Waals surface area contributed by atoms with Crippen LogP contribution < -0.4 is 9.47 Å². The number of H-pyrrole nitrogens is 1. The molecule has 0 fully saturated rings. The van der Waals surface area contributed by atoms with Gasteiger partial charge in [-0.15, -0.1) is 0 Å². The first-order chi connectivity index (χ1) is 12.3. The van der Waals surface area contributed by atoms with Crippen molar-refractivity contribution in [1.82, 2.24) is 4.98 Å². The normalized spacial score (nSPS) is 11.6. The van der Waals surface area contributed by atoms with Crippen LogP contribution in [0, 0.1) is 0 Å². The summed E-state index contributed by atoms with van der Waals surface area (Å²) in [5.74, 6) is -0.449. The molecule has 0 radical (unpaired) electrons. The number of carboxylic acids is 1. The second-order valence-corrected chi connectivity index (χ2v) is 5.51. The monoisotopic (exact) mass is 365 g/mol. The Morgan fingerprint density at radius 3 is 2.12 bits per heavy atom. The van der Waals surface area contributed by atoms with Gasteiger partial charge in [-0.05, 0) is 23.8 Å². The van der Waals surface area contributed by atoms with Crippen LogP contribution >= 0.6 is 0 Å². The van der Waals surface area contributed by atoms with Gasteiger partial charge in [0.05, 0.1) is 25.3 Å². The van der Waals surface area contributed by atoms with E-state index < -0.39 is 17.7 Å². The Labute approximate surface area is 146 Å². The number of rotatable bonds is 4. The van der Waals surface area contributed by atoms with E-state index >= 15 is 0 Å². The summed E-state index contributed by atoms with van der Waals surface area (Å²) in [6.07, 6.45) is -4.47. The molecule has 0 saturated heterocycles. The quantitative estimate of drug-likeness (QED) is 0.711. The molecule has 2 N–H and O–H groups in total. The maximum absolute atomic E-state index is 12.8. The summed E-state index contributed by atoms with van der Waals surface area (Å²) in [5, 5.41) is 9.99.